The minimum atomic E-state index is -1.17. The van der Waals surface area contributed by atoms with Crippen LogP contribution in [0.15, 0.2) is 30.3 Å². The van der Waals surface area contributed by atoms with E-state index in [-0.39, 0.29) is 18.4 Å². The fraction of sp³-hybridized carbons (Fsp3) is 0.556. The monoisotopic (exact) mass is 318 g/mol. The molecule has 0 radical (unpaired) electrons. The number of unbranched alkanes of at least 4 members (excludes halogenated alkanes) is 3. The molecule has 0 saturated carbocycles. The first-order valence-corrected chi connectivity index (χ1v) is 8.39. The van der Waals surface area contributed by atoms with Gasteiger partial charge in [0.25, 0.3) is 0 Å². The van der Waals surface area contributed by atoms with Crippen LogP contribution in [0.4, 0.5) is 0 Å². The molecule has 1 unspecified atom stereocenters. The van der Waals surface area contributed by atoms with Crippen molar-refractivity contribution in [3.8, 4) is 0 Å². The fourth-order valence-electron chi connectivity index (χ4n) is 2.96. The number of piperazine rings is 1. The average molecular weight is 318 g/mol. The standard InChI is InChI=1S/C18H26N2O3/c1-2-3-4-8-11-18(13-21)17(23)19-15(16(22)20-18)12-14-9-6-5-7-10-14/h5-7,9-10,15,21H,2-4,8,11-13H2,1H3,(H,19,23)(H,20,22)/t15-,18?/m1/s1. The number of carbonyl (C=O) groups excluding carboxylic acids is 2. The Balaban J connectivity index is 1.99. The maximum Gasteiger partial charge on any atom is 0.248 e. The van der Waals surface area contributed by atoms with Crippen LogP contribution < -0.4 is 10.6 Å². The predicted molar refractivity (Wildman–Crippen MR) is 88.8 cm³/mol. The molecule has 0 spiro atoms. The van der Waals surface area contributed by atoms with Crippen LogP contribution in [0.3, 0.4) is 0 Å². The largest absolute Gasteiger partial charge is 0.393 e. The summed E-state index contributed by atoms with van der Waals surface area (Å²) >= 11 is 0. The van der Waals surface area contributed by atoms with Gasteiger partial charge < -0.3 is 15.7 Å². The van der Waals surface area contributed by atoms with Gasteiger partial charge in [-0.25, -0.2) is 0 Å². The van der Waals surface area contributed by atoms with Crippen LogP contribution in [0, 0.1) is 0 Å². The molecule has 0 bridgehead atoms. The van der Waals surface area contributed by atoms with Gasteiger partial charge in [-0.05, 0) is 12.0 Å². The zero-order valence-electron chi connectivity index (χ0n) is 13.7. The van der Waals surface area contributed by atoms with E-state index in [0.717, 1.165) is 31.2 Å². The van der Waals surface area contributed by atoms with Gasteiger partial charge in [0.15, 0.2) is 0 Å². The molecule has 1 fully saturated rings. The predicted octanol–water partition coefficient (Wildman–Crippen LogP) is 1.55. The summed E-state index contributed by atoms with van der Waals surface area (Å²) in [5, 5.41) is 15.2. The van der Waals surface area contributed by atoms with Crippen molar-refractivity contribution < 1.29 is 14.7 Å². The number of amides is 2. The van der Waals surface area contributed by atoms with E-state index in [1.54, 1.807) is 0 Å². The lowest BCUT2D eigenvalue weighted by atomic mass is 9.87. The molecule has 1 heterocycles. The maximum atomic E-state index is 12.5. The molecule has 1 aromatic rings. The third-order valence-electron chi connectivity index (χ3n) is 4.43. The van der Waals surface area contributed by atoms with Crippen LogP contribution in [0.2, 0.25) is 0 Å². The van der Waals surface area contributed by atoms with Gasteiger partial charge in [-0.3, -0.25) is 9.59 Å². The smallest absolute Gasteiger partial charge is 0.248 e. The molecule has 2 atom stereocenters. The van der Waals surface area contributed by atoms with Crippen molar-refractivity contribution in [2.75, 3.05) is 6.61 Å². The highest BCUT2D eigenvalue weighted by atomic mass is 16.3. The lowest BCUT2D eigenvalue weighted by Gasteiger charge is -2.39. The SMILES string of the molecule is CCCCCCC1(CO)NC(=O)[C@@H](Cc2ccccc2)NC1=O. The second-order valence-corrected chi connectivity index (χ2v) is 6.26. The quantitative estimate of drug-likeness (QED) is 0.636. The third kappa shape index (κ3) is 4.32. The highest BCUT2D eigenvalue weighted by Gasteiger charge is 2.45. The van der Waals surface area contributed by atoms with Crippen LogP contribution in [-0.4, -0.2) is 35.1 Å². The first-order chi connectivity index (χ1) is 11.1. The Morgan fingerprint density at radius 3 is 2.52 bits per heavy atom. The van der Waals surface area contributed by atoms with Gasteiger partial charge in [-0.1, -0.05) is 62.9 Å². The number of benzene rings is 1. The van der Waals surface area contributed by atoms with Gasteiger partial charge in [-0.2, -0.15) is 0 Å². The van der Waals surface area contributed by atoms with Crippen molar-refractivity contribution in [1.82, 2.24) is 10.6 Å². The zero-order chi connectivity index (χ0) is 16.7. The van der Waals surface area contributed by atoms with Gasteiger partial charge >= 0.3 is 0 Å². The molecule has 126 valence electrons. The molecule has 1 aliphatic rings. The van der Waals surface area contributed by atoms with Gasteiger partial charge in [0.05, 0.1) is 6.61 Å². The molecule has 3 N–H and O–H groups in total. The molecule has 2 rings (SSSR count). The van der Waals surface area contributed by atoms with Crippen molar-refractivity contribution in [3.05, 3.63) is 35.9 Å². The normalized spacial score (nSPS) is 24.2. The van der Waals surface area contributed by atoms with E-state index in [9.17, 15) is 14.7 Å². The summed E-state index contributed by atoms with van der Waals surface area (Å²) in [6, 6.07) is 9.00. The molecular weight excluding hydrogens is 292 g/mol. The Morgan fingerprint density at radius 1 is 1.13 bits per heavy atom. The van der Waals surface area contributed by atoms with Gasteiger partial charge in [0.2, 0.25) is 11.8 Å². The van der Waals surface area contributed by atoms with Crippen molar-refractivity contribution in [2.45, 2.75) is 57.0 Å². The van der Waals surface area contributed by atoms with E-state index in [1.165, 1.54) is 0 Å². The van der Waals surface area contributed by atoms with Crippen molar-refractivity contribution in [1.29, 1.82) is 0 Å². The number of aliphatic hydroxyl groups is 1. The van der Waals surface area contributed by atoms with E-state index < -0.39 is 11.6 Å². The molecule has 0 aromatic heterocycles. The van der Waals surface area contributed by atoms with Gasteiger partial charge in [0.1, 0.15) is 11.6 Å². The van der Waals surface area contributed by atoms with Crippen LogP contribution in [0.25, 0.3) is 0 Å². The summed E-state index contributed by atoms with van der Waals surface area (Å²) in [5.74, 6) is -0.505. The number of carbonyl (C=O) groups is 2. The summed E-state index contributed by atoms with van der Waals surface area (Å²) in [4.78, 5) is 24.8. The minimum absolute atomic E-state index is 0.224. The number of rotatable bonds is 8. The molecule has 0 aliphatic carbocycles. The minimum Gasteiger partial charge on any atom is -0.393 e. The fourth-order valence-corrected chi connectivity index (χ4v) is 2.96. The Bertz CT molecular complexity index is 532. The van der Waals surface area contributed by atoms with E-state index >= 15 is 0 Å². The van der Waals surface area contributed by atoms with E-state index in [1.807, 2.05) is 30.3 Å². The Labute approximate surface area is 137 Å². The molecule has 1 aliphatic heterocycles. The summed E-state index contributed by atoms with van der Waals surface area (Å²) < 4.78 is 0. The molecule has 23 heavy (non-hydrogen) atoms. The average Bonchev–Trinajstić information content (AvgIpc) is 2.57. The van der Waals surface area contributed by atoms with Crippen molar-refractivity contribution >= 4 is 11.8 Å². The van der Waals surface area contributed by atoms with E-state index in [2.05, 4.69) is 17.6 Å². The third-order valence-corrected chi connectivity index (χ3v) is 4.43. The lowest BCUT2D eigenvalue weighted by molar-refractivity contribution is -0.143. The molecule has 1 saturated heterocycles. The van der Waals surface area contributed by atoms with Gasteiger partial charge in [0, 0.05) is 6.42 Å². The molecule has 5 nitrogen and oxygen atoms in total. The van der Waals surface area contributed by atoms with Crippen molar-refractivity contribution in [2.24, 2.45) is 0 Å². The summed E-state index contributed by atoms with van der Waals surface area (Å²) in [7, 11) is 0. The maximum absolute atomic E-state index is 12.5. The zero-order valence-corrected chi connectivity index (χ0v) is 13.7. The first-order valence-electron chi connectivity index (χ1n) is 8.39. The topological polar surface area (TPSA) is 78.4 Å². The van der Waals surface area contributed by atoms with Crippen LogP contribution in [0.5, 0.6) is 0 Å². The summed E-state index contributed by atoms with van der Waals surface area (Å²) in [6.45, 7) is 1.75. The highest BCUT2D eigenvalue weighted by molar-refractivity contribution is 6.00. The Kier molecular flexibility index (Phi) is 6.16. The Hall–Kier alpha value is -1.88. The Morgan fingerprint density at radius 2 is 1.87 bits per heavy atom. The number of nitrogens with one attached hydrogen (secondary N) is 2. The summed E-state index contributed by atoms with van der Waals surface area (Å²) in [6.07, 6.45) is 4.92. The van der Waals surface area contributed by atoms with E-state index in [4.69, 9.17) is 0 Å². The number of hydrogen-bond donors (Lipinski definition) is 3. The molecular formula is C18H26N2O3. The van der Waals surface area contributed by atoms with Crippen LogP contribution in [0.1, 0.15) is 44.6 Å². The number of aliphatic hydroxyl groups excluding tert-OH is 1. The van der Waals surface area contributed by atoms with Crippen LogP contribution >= 0.6 is 0 Å². The van der Waals surface area contributed by atoms with Gasteiger partial charge in [-0.15, -0.1) is 0 Å². The van der Waals surface area contributed by atoms with Crippen molar-refractivity contribution in [3.63, 3.8) is 0 Å². The molecule has 5 heteroatoms. The van der Waals surface area contributed by atoms with Crippen LogP contribution in [-0.2, 0) is 16.0 Å². The second kappa shape index (κ2) is 8.11. The lowest BCUT2D eigenvalue weighted by Crippen LogP contribution is -2.71. The summed E-state index contributed by atoms with van der Waals surface area (Å²) in [5.41, 5.74) is -0.176. The number of hydrogen-bond acceptors (Lipinski definition) is 3. The molecule has 1 aromatic carbocycles. The first kappa shape index (κ1) is 17.5. The highest BCUT2D eigenvalue weighted by Crippen LogP contribution is 2.20. The van der Waals surface area contributed by atoms with E-state index in [0.29, 0.717) is 12.8 Å². The second-order valence-electron chi connectivity index (χ2n) is 6.26. The molecule has 2 amide bonds.